The molecule has 0 spiro atoms. The highest BCUT2D eigenvalue weighted by atomic mass is 19.1. The number of aromatic hydroxyl groups is 1. The minimum absolute atomic E-state index is 0.0123. The Morgan fingerprint density at radius 3 is 2.76 bits per heavy atom. The number of likely N-dealkylation sites (tertiary alicyclic amines) is 1. The van der Waals surface area contributed by atoms with Crippen molar-refractivity contribution in [2.75, 3.05) is 11.9 Å². The second kappa shape index (κ2) is 9.78. The molecule has 3 unspecified atom stereocenters. The van der Waals surface area contributed by atoms with E-state index in [0.717, 1.165) is 11.1 Å². The van der Waals surface area contributed by atoms with E-state index in [-0.39, 0.29) is 36.8 Å². The summed E-state index contributed by atoms with van der Waals surface area (Å²) < 4.78 is 15.7. The van der Waals surface area contributed by atoms with Gasteiger partial charge in [0, 0.05) is 23.6 Å². The molecule has 1 fully saturated rings. The summed E-state index contributed by atoms with van der Waals surface area (Å²) in [5, 5.41) is 35.6. The van der Waals surface area contributed by atoms with Gasteiger partial charge in [-0.2, -0.15) is 15.3 Å². The lowest BCUT2D eigenvalue weighted by Crippen LogP contribution is -2.47. The van der Waals surface area contributed by atoms with Crippen molar-refractivity contribution in [2.45, 2.75) is 31.4 Å². The number of aliphatic hydroxyl groups excluding tert-OH is 1. The Bertz CT molecular complexity index is 1460. The van der Waals surface area contributed by atoms with Gasteiger partial charge in [0.15, 0.2) is 5.69 Å². The third-order valence-electron chi connectivity index (χ3n) is 6.25. The van der Waals surface area contributed by atoms with Crippen LogP contribution in [0.3, 0.4) is 0 Å². The Morgan fingerprint density at radius 2 is 2.03 bits per heavy atom. The molecule has 0 saturated carbocycles. The van der Waals surface area contributed by atoms with E-state index in [1.807, 2.05) is 0 Å². The van der Waals surface area contributed by atoms with Gasteiger partial charge in [0.1, 0.15) is 18.9 Å². The molecule has 4 heterocycles. The molecule has 2 amide bonds. The zero-order valence-corrected chi connectivity index (χ0v) is 19.4. The van der Waals surface area contributed by atoms with Crippen LogP contribution in [0.25, 0.3) is 22.0 Å². The minimum Gasteiger partial charge on any atom is -0.492 e. The minimum atomic E-state index is -1.37. The predicted octanol–water partition coefficient (Wildman–Crippen LogP) is 1.06. The van der Waals surface area contributed by atoms with Gasteiger partial charge in [-0.3, -0.25) is 14.3 Å². The summed E-state index contributed by atoms with van der Waals surface area (Å²) in [6, 6.07) is 9.13. The third-order valence-corrected chi connectivity index (χ3v) is 6.25. The Labute approximate surface area is 209 Å². The van der Waals surface area contributed by atoms with Gasteiger partial charge in [0.2, 0.25) is 11.8 Å². The number of carbonyl (C=O) groups excluding carboxylic acids is 2. The topological polar surface area (TPSA) is 172 Å². The Balaban J connectivity index is 1.41. The first kappa shape index (κ1) is 24.1. The fourth-order valence-corrected chi connectivity index (χ4v) is 4.51. The quantitative estimate of drug-likeness (QED) is 0.267. The number of aliphatic hydroxyl groups is 1. The van der Waals surface area contributed by atoms with Crippen LogP contribution >= 0.6 is 0 Å². The first-order chi connectivity index (χ1) is 17.8. The van der Waals surface area contributed by atoms with Gasteiger partial charge in [0.05, 0.1) is 36.2 Å². The number of nitrogens with two attached hydrogens (primary N) is 1. The number of benzene rings is 1. The highest BCUT2D eigenvalue weighted by Gasteiger charge is 2.40. The number of primary amides is 1. The van der Waals surface area contributed by atoms with Crippen molar-refractivity contribution in [1.82, 2.24) is 29.9 Å². The maximum absolute atomic E-state index is 14.4. The van der Waals surface area contributed by atoms with Crippen molar-refractivity contribution in [2.24, 2.45) is 5.73 Å². The van der Waals surface area contributed by atoms with E-state index >= 15 is 0 Å². The zero-order valence-electron chi connectivity index (χ0n) is 19.4. The molecule has 3 atom stereocenters. The van der Waals surface area contributed by atoms with E-state index in [9.17, 15) is 24.2 Å². The van der Waals surface area contributed by atoms with Crippen LogP contribution in [-0.2, 0) is 11.3 Å². The summed E-state index contributed by atoms with van der Waals surface area (Å²) in [7, 11) is 0. The number of fused-ring (bicyclic) bond motifs is 1. The molecule has 1 aliphatic heterocycles. The van der Waals surface area contributed by atoms with Gasteiger partial charge in [-0.15, -0.1) is 0 Å². The van der Waals surface area contributed by atoms with Crippen molar-refractivity contribution in [3.05, 3.63) is 60.7 Å². The van der Waals surface area contributed by atoms with Crippen LogP contribution in [0, 0.1) is 0 Å². The normalized spacial score (nSPS) is 18.2. The number of nitrogens with one attached hydrogen (secondary N) is 1. The van der Waals surface area contributed by atoms with Crippen molar-refractivity contribution in [3.63, 3.8) is 0 Å². The Hall–Kier alpha value is -4.65. The summed E-state index contributed by atoms with van der Waals surface area (Å²) in [5.41, 5.74) is 7.69. The third kappa shape index (κ3) is 4.76. The fourth-order valence-electron chi connectivity index (χ4n) is 4.51. The molecule has 5 rings (SSSR count). The maximum atomic E-state index is 14.4. The summed E-state index contributed by atoms with van der Waals surface area (Å²) in [6.07, 6.45) is 1.68. The number of nitrogens with zero attached hydrogens (tertiary/aromatic N) is 6. The van der Waals surface area contributed by atoms with Crippen LogP contribution in [0.15, 0.2) is 55.0 Å². The Morgan fingerprint density at radius 1 is 1.19 bits per heavy atom. The molecule has 1 aliphatic rings. The van der Waals surface area contributed by atoms with Crippen LogP contribution in [0.2, 0.25) is 0 Å². The van der Waals surface area contributed by atoms with Gasteiger partial charge in [-0.1, -0.05) is 6.07 Å². The molecule has 1 aromatic carbocycles. The van der Waals surface area contributed by atoms with Gasteiger partial charge >= 0.3 is 0 Å². The lowest BCUT2D eigenvalue weighted by atomic mass is 10.0. The summed E-state index contributed by atoms with van der Waals surface area (Å²) in [5.74, 6) is -1.61. The van der Waals surface area contributed by atoms with Crippen molar-refractivity contribution < 1.29 is 24.2 Å². The molecule has 190 valence electrons. The zero-order chi connectivity index (χ0) is 26.1. The SMILES string of the molecule is NC(=O)c1nn(CC(=O)N2CC(F)CC2C(O)Nc2cccnc2O)c2ccc(-c3ccnnc3)cc12. The van der Waals surface area contributed by atoms with Crippen molar-refractivity contribution in [1.29, 1.82) is 0 Å². The average molecular weight is 506 g/mol. The summed E-state index contributed by atoms with van der Waals surface area (Å²) >= 11 is 0. The molecule has 5 N–H and O–H groups in total. The number of hydrogen-bond donors (Lipinski definition) is 4. The Kier molecular flexibility index (Phi) is 6.36. The first-order valence-electron chi connectivity index (χ1n) is 11.4. The predicted molar refractivity (Wildman–Crippen MR) is 130 cm³/mol. The number of alkyl halides is 1. The number of rotatable bonds is 7. The number of hydrogen-bond acceptors (Lipinski definition) is 9. The number of anilines is 1. The molecule has 0 aliphatic carbocycles. The molecule has 12 nitrogen and oxygen atoms in total. The highest BCUT2D eigenvalue weighted by Crippen LogP contribution is 2.29. The van der Waals surface area contributed by atoms with E-state index < -0.39 is 30.3 Å². The van der Waals surface area contributed by atoms with E-state index in [1.165, 1.54) is 21.8 Å². The first-order valence-corrected chi connectivity index (χ1v) is 11.4. The summed E-state index contributed by atoms with van der Waals surface area (Å²) in [6.45, 7) is -0.531. The van der Waals surface area contributed by atoms with Gasteiger partial charge in [-0.05, 0) is 35.9 Å². The van der Waals surface area contributed by atoms with Crippen molar-refractivity contribution in [3.8, 4) is 17.0 Å². The number of carbonyl (C=O) groups is 2. The number of pyridine rings is 1. The van der Waals surface area contributed by atoms with Gasteiger partial charge < -0.3 is 26.2 Å². The molecule has 3 aromatic heterocycles. The second-order valence-corrected chi connectivity index (χ2v) is 8.64. The molecule has 0 bridgehead atoms. The van der Waals surface area contributed by atoms with Gasteiger partial charge in [0.25, 0.3) is 5.91 Å². The van der Waals surface area contributed by atoms with Crippen LogP contribution in [0.1, 0.15) is 16.9 Å². The highest BCUT2D eigenvalue weighted by molar-refractivity contribution is 6.05. The van der Waals surface area contributed by atoms with Crippen molar-refractivity contribution >= 4 is 28.4 Å². The average Bonchev–Trinajstić information content (AvgIpc) is 3.46. The number of amides is 2. The number of halogens is 1. The monoisotopic (exact) mass is 506 g/mol. The lowest BCUT2D eigenvalue weighted by Gasteiger charge is -2.29. The molecule has 37 heavy (non-hydrogen) atoms. The van der Waals surface area contributed by atoms with Crippen LogP contribution in [-0.4, -0.2) is 76.9 Å². The molecule has 4 aromatic rings. The van der Waals surface area contributed by atoms with E-state index in [2.05, 4.69) is 25.6 Å². The molecule has 13 heteroatoms. The van der Waals surface area contributed by atoms with Crippen LogP contribution in [0.4, 0.5) is 10.1 Å². The number of aromatic nitrogens is 5. The maximum Gasteiger partial charge on any atom is 0.269 e. The van der Waals surface area contributed by atoms with Gasteiger partial charge in [-0.25, -0.2) is 9.37 Å². The van der Waals surface area contributed by atoms with E-state index in [1.54, 1.807) is 42.7 Å². The smallest absolute Gasteiger partial charge is 0.269 e. The molecular weight excluding hydrogens is 483 g/mol. The molecule has 1 saturated heterocycles. The largest absolute Gasteiger partial charge is 0.492 e. The fraction of sp³-hybridized carbons (Fsp3) is 0.250. The van der Waals surface area contributed by atoms with Crippen LogP contribution in [0.5, 0.6) is 5.88 Å². The summed E-state index contributed by atoms with van der Waals surface area (Å²) in [4.78, 5) is 30.3. The lowest BCUT2D eigenvalue weighted by molar-refractivity contribution is -0.134. The second-order valence-electron chi connectivity index (χ2n) is 8.64. The molecule has 0 radical (unpaired) electrons. The van der Waals surface area contributed by atoms with E-state index in [0.29, 0.717) is 10.9 Å². The molecular formula is C24H23FN8O4. The standard InChI is InChI=1S/C24H23FN8O4/c25-15-9-19(24(37)30-17-2-1-6-27-23(17)36)32(11-15)20(34)12-33-18-4-3-13(14-5-7-28-29-10-14)8-16(18)21(31-33)22(26)35/h1-8,10,15,19,24,30,37H,9,11-12H2,(H2,26,35)(H,27,36). The van der Waals surface area contributed by atoms with E-state index in [4.69, 9.17) is 5.73 Å². The van der Waals surface area contributed by atoms with Crippen LogP contribution < -0.4 is 11.1 Å².